The molecule has 2 N–H and O–H groups in total. The summed E-state index contributed by atoms with van der Waals surface area (Å²) >= 11 is 3.60. The second-order valence-electron chi connectivity index (χ2n) is 4.65. The van der Waals surface area contributed by atoms with Gasteiger partial charge in [0.25, 0.3) is 0 Å². The minimum Gasteiger partial charge on any atom is -0.327 e. The summed E-state index contributed by atoms with van der Waals surface area (Å²) in [6.45, 7) is 4.95. The first-order valence-electron chi connectivity index (χ1n) is 6.49. The normalized spacial score (nSPS) is 12.6. The van der Waals surface area contributed by atoms with Gasteiger partial charge >= 0.3 is 0 Å². The van der Waals surface area contributed by atoms with E-state index in [9.17, 15) is 0 Å². The van der Waals surface area contributed by atoms with Crippen molar-refractivity contribution in [2.75, 3.05) is 0 Å². The summed E-state index contributed by atoms with van der Waals surface area (Å²) in [6, 6.07) is 5.97. The van der Waals surface area contributed by atoms with Gasteiger partial charge in [-0.05, 0) is 41.9 Å². The molecular weight excluding hydrogens is 304 g/mol. The molecule has 0 aliphatic rings. The number of halogens is 1. The first-order chi connectivity index (χ1) is 9.11. The molecular formula is C14H19BrN4. The zero-order valence-corrected chi connectivity index (χ0v) is 12.9. The number of rotatable bonds is 5. The van der Waals surface area contributed by atoms with Crippen LogP contribution in [0, 0.1) is 6.92 Å². The van der Waals surface area contributed by atoms with Gasteiger partial charge in [-0.25, -0.2) is 0 Å². The molecule has 2 heterocycles. The maximum Gasteiger partial charge on any atom is 0.0738 e. The predicted octanol–water partition coefficient (Wildman–Crippen LogP) is 2.48. The summed E-state index contributed by atoms with van der Waals surface area (Å²) in [5.41, 5.74) is 9.46. The Morgan fingerprint density at radius 2 is 2.16 bits per heavy atom. The largest absolute Gasteiger partial charge is 0.327 e. The molecule has 0 bridgehead atoms. The molecule has 0 aliphatic heterocycles. The molecule has 0 aromatic carbocycles. The molecule has 0 spiro atoms. The minimum atomic E-state index is 0.0487. The van der Waals surface area contributed by atoms with Gasteiger partial charge in [-0.15, -0.1) is 0 Å². The summed E-state index contributed by atoms with van der Waals surface area (Å²) in [5.74, 6) is 0. The zero-order chi connectivity index (χ0) is 13.8. The van der Waals surface area contributed by atoms with E-state index >= 15 is 0 Å². The molecule has 2 aromatic rings. The molecule has 102 valence electrons. The number of aryl methyl sites for hydroxylation is 2. The number of nitrogens with two attached hydrogens (primary N) is 1. The molecule has 0 radical (unpaired) electrons. The number of aromatic nitrogens is 3. The molecule has 1 unspecified atom stereocenters. The second-order valence-corrected chi connectivity index (χ2v) is 5.44. The third-order valence-corrected chi connectivity index (χ3v) is 4.14. The van der Waals surface area contributed by atoms with Crippen LogP contribution in [0.15, 0.2) is 28.9 Å². The first kappa shape index (κ1) is 14.2. The van der Waals surface area contributed by atoms with Gasteiger partial charge in [0, 0.05) is 37.3 Å². The fourth-order valence-corrected chi connectivity index (χ4v) is 2.62. The Hall–Kier alpha value is -1.20. The van der Waals surface area contributed by atoms with E-state index in [2.05, 4.69) is 32.9 Å². The second kappa shape index (κ2) is 6.30. The summed E-state index contributed by atoms with van der Waals surface area (Å²) in [4.78, 5) is 4.32. The Bertz CT molecular complexity index is 536. The lowest BCUT2D eigenvalue weighted by Crippen LogP contribution is -2.27. The van der Waals surface area contributed by atoms with E-state index in [1.807, 2.05) is 29.8 Å². The highest BCUT2D eigenvalue weighted by atomic mass is 79.9. The molecule has 2 rings (SSSR count). The molecule has 0 amide bonds. The highest BCUT2D eigenvalue weighted by Gasteiger charge is 2.15. The Morgan fingerprint density at radius 1 is 1.37 bits per heavy atom. The molecule has 4 nitrogen and oxygen atoms in total. The molecule has 1 atom stereocenters. The van der Waals surface area contributed by atoms with Gasteiger partial charge < -0.3 is 5.73 Å². The Labute approximate surface area is 122 Å². The standard InChI is InChI=1S/C14H19BrN4/c1-3-19-13(14(15)10(2)18-19)9-11(16)8-12-6-4-5-7-17-12/h4-7,11H,3,8-9,16H2,1-2H3. The molecule has 0 saturated carbocycles. The number of pyridine rings is 1. The third-order valence-electron chi connectivity index (χ3n) is 3.11. The van der Waals surface area contributed by atoms with Crippen molar-refractivity contribution in [2.24, 2.45) is 5.73 Å². The van der Waals surface area contributed by atoms with Crippen LogP contribution in [0.2, 0.25) is 0 Å². The van der Waals surface area contributed by atoms with Crippen LogP contribution in [-0.2, 0) is 19.4 Å². The van der Waals surface area contributed by atoms with Gasteiger partial charge in [0.15, 0.2) is 0 Å². The maximum absolute atomic E-state index is 6.24. The van der Waals surface area contributed by atoms with Crippen LogP contribution in [0.4, 0.5) is 0 Å². The highest BCUT2D eigenvalue weighted by Crippen LogP contribution is 2.22. The molecule has 0 saturated heterocycles. The van der Waals surface area contributed by atoms with E-state index in [-0.39, 0.29) is 6.04 Å². The number of nitrogens with zero attached hydrogens (tertiary/aromatic N) is 3. The van der Waals surface area contributed by atoms with Crippen molar-refractivity contribution >= 4 is 15.9 Å². The Morgan fingerprint density at radius 3 is 2.79 bits per heavy atom. The van der Waals surface area contributed by atoms with Gasteiger partial charge in [0.05, 0.1) is 15.9 Å². The van der Waals surface area contributed by atoms with Crippen LogP contribution in [0.3, 0.4) is 0 Å². The van der Waals surface area contributed by atoms with Crippen molar-refractivity contribution in [3.8, 4) is 0 Å². The molecule has 2 aromatic heterocycles. The monoisotopic (exact) mass is 322 g/mol. The van der Waals surface area contributed by atoms with Gasteiger partial charge in [-0.3, -0.25) is 9.67 Å². The summed E-state index contributed by atoms with van der Waals surface area (Å²) < 4.78 is 3.09. The van der Waals surface area contributed by atoms with Gasteiger partial charge in [-0.2, -0.15) is 5.10 Å². The third kappa shape index (κ3) is 3.42. The fraction of sp³-hybridized carbons (Fsp3) is 0.429. The topological polar surface area (TPSA) is 56.7 Å². The van der Waals surface area contributed by atoms with Crippen molar-refractivity contribution < 1.29 is 0 Å². The number of hydrogen-bond donors (Lipinski definition) is 1. The van der Waals surface area contributed by atoms with Crippen molar-refractivity contribution in [3.63, 3.8) is 0 Å². The first-order valence-corrected chi connectivity index (χ1v) is 7.28. The molecule has 5 heteroatoms. The van der Waals surface area contributed by atoms with Crippen molar-refractivity contribution in [3.05, 3.63) is 46.0 Å². The average molecular weight is 323 g/mol. The minimum absolute atomic E-state index is 0.0487. The van der Waals surface area contributed by atoms with Crippen LogP contribution in [0.5, 0.6) is 0 Å². The predicted molar refractivity (Wildman–Crippen MR) is 80.0 cm³/mol. The molecule has 19 heavy (non-hydrogen) atoms. The van der Waals surface area contributed by atoms with E-state index in [1.165, 1.54) is 5.69 Å². The van der Waals surface area contributed by atoms with E-state index < -0.39 is 0 Å². The van der Waals surface area contributed by atoms with Crippen LogP contribution in [0.1, 0.15) is 24.0 Å². The SMILES string of the molecule is CCn1nc(C)c(Br)c1CC(N)Cc1ccccn1. The smallest absolute Gasteiger partial charge is 0.0738 e. The molecule has 0 aliphatic carbocycles. The van der Waals surface area contributed by atoms with E-state index in [4.69, 9.17) is 5.73 Å². The van der Waals surface area contributed by atoms with Crippen molar-refractivity contribution in [2.45, 2.75) is 39.3 Å². The van der Waals surface area contributed by atoms with Crippen molar-refractivity contribution in [1.82, 2.24) is 14.8 Å². The van der Waals surface area contributed by atoms with Crippen LogP contribution < -0.4 is 5.73 Å². The summed E-state index contributed by atoms with van der Waals surface area (Å²) in [7, 11) is 0. The van der Waals surface area contributed by atoms with E-state index in [1.54, 1.807) is 6.20 Å². The quantitative estimate of drug-likeness (QED) is 0.920. The highest BCUT2D eigenvalue weighted by molar-refractivity contribution is 9.10. The Balaban J connectivity index is 2.09. The fourth-order valence-electron chi connectivity index (χ4n) is 2.17. The summed E-state index contributed by atoms with van der Waals surface area (Å²) in [5, 5.41) is 4.49. The van der Waals surface area contributed by atoms with E-state index in [0.717, 1.165) is 35.2 Å². The maximum atomic E-state index is 6.24. The Kier molecular flexibility index (Phi) is 4.71. The van der Waals surface area contributed by atoms with Gasteiger partial charge in [0.2, 0.25) is 0 Å². The van der Waals surface area contributed by atoms with Gasteiger partial charge in [-0.1, -0.05) is 6.07 Å². The average Bonchev–Trinajstić information content (AvgIpc) is 2.67. The number of hydrogen-bond acceptors (Lipinski definition) is 3. The molecule has 0 fully saturated rings. The summed E-state index contributed by atoms with van der Waals surface area (Å²) in [6.07, 6.45) is 3.38. The van der Waals surface area contributed by atoms with E-state index in [0.29, 0.717) is 0 Å². The van der Waals surface area contributed by atoms with Crippen LogP contribution >= 0.6 is 15.9 Å². The lowest BCUT2D eigenvalue weighted by atomic mass is 10.1. The lowest BCUT2D eigenvalue weighted by Gasteiger charge is -2.12. The van der Waals surface area contributed by atoms with Crippen molar-refractivity contribution in [1.29, 1.82) is 0 Å². The van der Waals surface area contributed by atoms with Gasteiger partial charge in [0.1, 0.15) is 0 Å². The van der Waals surface area contributed by atoms with Crippen LogP contribution in [-0.4, -0.2) is 20.8 Å². The lowest BCUT2D eigenvalue weighted by molar-refractivity contribution is 0.570. The zero-order valence-electron chi connectivity index (χ0n) is 11.3. The van der Waals surface area contributed by atoms with Crippen LogP contribution in [0.25, 0.3) is 0 Å².